The van der Waals surface area contributed by atoms with Crippen LogP contribution >= 0.6 is 0 Å². The molecule has 0 aliphatic rings. The minimum atomic E-state index is -1.06. The van der Waals surface area contributed by atoms with Crippen LogP contribution in [-0.2, 0) is 0 Å². The Kier molecular flexibility index (Phi) is 6.22. The second kappa shape index (κ2) is 7.68. The molecule has 0 aliphatic heterocycles. The Morgan fingerprint density at radius 1 is 1.20 bits per heavy atom. The number of nitrogens with zero attached hydrogens (tertiary/aromatic N) is 1. The molecule has 1 unspecified atom stereocenters. The Morgan fingerprint density at radius 3 is 2.30 bits per heavy atom. The van der Waals surface area contributed by atoms with Gasteiger partial charge in [0.2, 0.25) is 0 Å². The average molecular weight is 277 g/mol. The molecule has 1 rings (SSSR count). The summed E-state index contributed by atoms with van der Waals surface area (Å²) in [6.45, 7) is 6.76. The van der Waals surface area contributed by atoms with Crippen molar-refractivity contribution in [2.24, 2.45) is 0 Å². The maximum Gasteiger partial charge on any atom is 0.336 e. The van der Waals surface area contributed by atoms with Crippen molar-refractivity contribution in [3.8, 4) is 0 Å². The van der Waals surface area contributed by atoms with Crippen molar-refractivity contribution in [3.05, 3.63) is 35.4 Å². The van der Waals surface area contributed by atoms with Crippen molar-refractivity contribution in [2.45, 2.75) is 46.1 Å². The first-order valence-electron chi connectivity index (χ1n) is 7.16. The summed E-state index contributed by atoms with van der Waals surface area (Å²) in [5.41, 5.74) is 0.346. The number of rotatable bonds is 7. The molecular weight excluding hydrogens is 254 g/mol. The fourth-order valence-corrected chi connectivity index (χ4v) is 2.08. The van der Waals surface area contributed by atoms with E-state index < -0.39 is 5.97 Å². The highest BCUT2D eigenvalue weighted by Gasteiger charge is 2.23. The quantitative estimate of drug-likeness (QED) is 0.830. The highest BCUT2D eigenvalue weighted by Crippen LogP contribution is 2.16. The number of hydrogen-bond acceptors (Lipinski definition) is 2. The Hall–Kier alpha value is -1.84. The van der Waals surface area contributed by atoms with E-state index in [2.05, 4.69) is 6.92 Å². The van der Waals surface area contributed by atoms with Crippen LogP contribution in [0.4, 0.5) is 0 Å². The molecule has 0 saturated heterocycles. The Morgan fingerprint density at radius 2 is 1.80 bits per heavy atom. The van der Waals surface area contributed by atoms with Gasteiger partial charge < -0.3 is 10.0 Å². The molecule has 1 aromatic rings. The summed E-state index contributed by atoms with van der Waals surface area (Å²) < 4.78 is 0. The van der Waals surface area contributed by atoms with E-state index in [1.54, 1.807) is 23.1 Å². The summed E-state index contributed by atoms with van der Waals surface area (Å²) in [6, 6.07) is 6.52. The molecule has 0 fully saturated rings. The third-order valence-corrected chi connectivity index (χ3v) is 3.52. The first-order valence-corrected chi connectivity index (χ1v) is 7.16. The molecule has 20 heavy (non-hydrogen) atoms. The van der Waals surface area contributed by atoms with Gasteiger partial charge in [0, 0.05) is 12.6 Å². The summed E-state index contributed by atoms with van der Waals surface area (Å²) in [4.78, 5) is 25.7. The van der Waals surface area contributed by atoms with Crippen LogP contribution in [0.15, 0.2) is 24.3 Å². The van der Waals surface area contributed by atoms with Crippen LogP contribution in [0.3, 0.4) is 0 Å². The molecule has 0 heterocycles. The lowest BCUT2D eigenvalue weighted by Gasteiger charge is -2.29. The highest BCUT2D eigenvalue weighted by atomic mass is 16.4. The van der Waals surface area contributed by atoms with E-state index in [4.69, 9.17) is 0 Å². The molecule has 0 aromatic heterocycles. The number of benzene rings is 1. The standard InChI is InChI=1S/C16H23NO3/c1-4-6-11-17(12(3)5-2)15(18)13-9-7-8-10-14(13)16(19)20/h7-10,12H,4-6,11H2,1-3H3,(H,19,20). The van der Waals surface area contributed by atoms with Crippen molar-refractivity contribution in [1.29, 1.82) is 0 Å². The summed E-state index contributed by atoms with van der Waals surface area (Å²) in [5.74, 6) is -1.25. The van der Waals surface area contributed by atoms with E-state index >= 15 is 0 Å². The number of carboxylic acids is 1. The van der Waals surface area contributed by atoms with E-state index in [1.165, 1.54) is 6.07 Å². The molecule has 1 N–H and O–H groups in total. The zero-order valence-corrected chi connectivity index (χ0v) is 12.4. The van der Waals surface area contributed by atoms with Crippen molar-refractivity contribution in [3.63, 3.8) is 0 Å². The Balaban J connectivity index is 3.08. The second-order valence-electron chi connectivity index (χ2n) is 4.96. The van der Waals surface area contributed by atoms with Crippen molar-refractivity contribution < 1.29 is 14.7 Å². The predicted octanol–water partition coefficient (Wildman–Crippen LogP) is 3.43. The molecule has 0 aliphatic carbocycles. The summed E-state index contributed by atoms with van der Waals surface area (Å²) in [5, 5.41) is 9.20. The maximum atomic E-state index is 12.6. The lowest BCUT2D eigenvalue weighted by Crippen LogP contribution is -2.39. The van der Waals surface area contributed by atoms with Crippen molar-refractivity contribution >= 4 is 11.9 Å². The molecular formula is C16H23NO3. The summed E-state index contributed by atoms with van der Waals surface area (Å²) in [6.07, 6.45) is 2.77. The van der Waals surface area contributed by atoms with Gasteiger partial charge in [-0.1, -0.05) is 32.4 Å². The van der Waals surface area contributed by atoms with Crippen LogP contribution < -0.4 is 0 Å². The monoisotopic (exact) mass is 277 g/mol. The first kappa shape index (κ1) is 16.2. The normalized spacial score (nSPS) is 11.9. The average Bonchev–Trinajstić information content (AvgIpc) is 2.46. The number of aromatic carboxylic acids is 1. The second-order valence-corrected chi connectivity index (χ2v) is 4.96. The summed E-state index contributed by atoms with van der Waals surface area (Å²) >= 11 is 0. The van der Waals surface area contributed by atoms with Gasteiger partial charge in [-0.15, -0.1) is 0 Å². The molecule has 1 atom stereocenters. The van der Waals surface area contributed by atoms with Gasteiger partial charge in [-0.3, -0.25) is 4.79 Å². The first-order chi connectivity index (χ1) is 9.52. The Labute approximate surface area is 120 Å². The van der Waals surface area contributed by atoms with E-state index in [1.807, 2.05) is 13.8 Å². The van der Waals surface area contributed by atoms with Gasteiger partial charge in [-0.2, -0.15) is 0 Å². The molecule has 4 heteroatoms. The van der Waals surface area contributed by atoms with Crippen molar-refractivity contribution in [1.82, 2.24) is 4.90 Å². The molecule has 0 spiro atoms. The molecule has 1 amide bonds. The number of carboxylic acid groups (broad SMARTS) is 1. The van der Waals surface area contributed by atoms with Gasteiger partial charge in [0.15, 0.2) is 0 Å². The van der Waals surface area contributed by atoms with Gasteiger partial charge in [0.25, 0.3) is 5.91 Å². The third-order valence-electron chi connectivity index (χ3n) is 3.52. The van der Waals surface area contributed by atoms with Crippen LogP contribution in [0.2, 0.25) is 0 Å². The third kappa shape index (κ3) is 3.83. The Bertz CT molecular complexity index is 471. The van der Waals surface area contributed by atoms with Gasteiger partial charge in [-0.25, -0.2) is 4.79 Å². The largest absolute Gasteiger partial charge is 0.478 e. The van der Waals surface area contributed by atoms with E-state index in [9.17, 15) is 14.7 Å². The number of amides is 1. The molecule has 0 bridgehead atoms. The van der Waals surface area contributed by atoms with Gasteiger partial charge in [0.05, 0.1) is 11.1 Å². The maximum absolute atomic E-state index is 12.6. The van der Waals surface area contributed by atoms with Gasteiger partial charge in [-0.05, 0) is 31.9 Å². The zero-order valence-electron chi connectivity index (χ0n) is 12.4. The van der Waals surface area contributed by atoms with Crippen LogP contribution in [-0.4, -0.2) is 34.5 Å². The lowest BCUT2D eigenvalue weighted by molar-refractivity contribution is 0.0647. The van der Waals surface area contributed by atoms with Crippen LogP contribution in [0.1, 0.15) is 60.7 Å². The van der Waals surface area contributed by atoms with E-state index in [0.29, 0.717) is 6.54 Å². The predicted molar refractivity (Wildman–Crippen MR) is 79.1 cm³/mol. The molecule has 1 aromatic carbocycles. The number of hydrogen-bond donors (Lipinski definition) is 1. The molecule has 0 radical (unpaired) electrons. The van der Waals surface area contributed by atoms with Gasteiger partial charge in [0.1, 0.15) is 0 Å². The molecule has 110 valence electrons. The minimum absolute atomic E-state index is 0.0716. The van der Waals surface area contributed by atoms with E-state index in [-0.39, 0.29) is 23.1 Å². The molecule has 0 saturated carbocycles. The van der Waals surface area contributed by atoms with Crippen LogP contribution in [0.5, 0.6) is 0 Å². The van der Waals surface area contributed by atoms with Crippen molar-refractivity contribution in [2.75, 3.05) is 6.54 Å². The minimum Gasteiger partial charge on any atom is -0.478 e. The SMILES string of the molecule is CCCCN(C(=O)c1ccccc1C(=O)O)C(C)CC. The molecule has 4 nitrogen and oxygen atoms in total. The zero-order chi connectivity index (χ0) is 15.1. The van der Waals surface area contributed by atoms with Gasteiger partial charge >= 0.3 is 5.97 Å². The fourth-order valence-electron chi connectivity index (χ4n) is 2.08. The smallest absolute Gasteiger partial charge is 0.336 e. The van der Waals surface area contributed by atoms with Crippen LogP contribution in [0, 0.1) is 0 Å². The van der Waals surface area contributed by atoms with E-state index in [0.717, 1.165) is 19.3 Å². The topological polar surface area (TPSA) is 57.6 Å². The lowest BCUT2D eigenvalue weighted by atomic mass is 10.0. The fraction of sp³-hybridized carbons (Fsp3) is 0.500. The number of unbranched alkanes of at least 4 members (excludes halogenated alkanes) is 1. The number of carbonyl (C=O) groups excluding carboxylic acids is 1. The number of carbonyl (C=O) groups is 2. The van der Waals surface area contributed by atoms with Crippen LogP contribution in [0.25, 0.3) is 0 Å². The summed E-state index contributed by atoms with van der Waals surface area (Å²) in [7, 11) is 0. The highest BCUT2D eigenvalue weighted by molar-refractivity contribution is 6.04.